The van der Waals surface area contributed by atoms with Crippen LogP contribution < -0.4 is 21.1 Å². The topological polar surface area (TPSA) is 98.2 Å². The highest BCUT2D eigenvalue weighted by molar-refractivity contribution is 5.83. The number of nitrogen functional groups attached to an aromatic ring is 1. The first-order valence-electron chi connectivity index (χ1n) is 7.03. The minimum absolute atomic E-state index is 0.302. The number of nitrogens with two attached hydrogens (primary N) is 1. The average Bonchev–Trinajstić information content (AvgIpc) is 3.03. The van der Waals surface area contributed by atoms with Gasteiger partial charge in [0.2, 0.25) is 0 Å². The van der Waals surface area contributed by atoms with E-state index in [-0.39, 0.29) is 0 Å². The zero-order valence-corrected chi connectivity index (χ0v) is 12.8. The van der Waals surface area contributed by atoms with Gasteiger partial charge in [-0.2, -0.15) is 0 Å². The Hall–Kier alpha value is -3.22. The summed E-state index contributed by atoms with van der Waals surface area (Å²) in [5, 5.41) is 14.1. The van der Waals surface area contributed by atoms with Crippen LogP contribution in [0.25, 0.3) is 11.5 Å². The number of anilines is 4. The Balaban J connectivity index is 1.94. The van der Waals surface area contributed by atoms with Gasteiger partial charge in [0.05, 0.1) is 18.4 Å². The Labute approximate surface area is 133 Å². The van der Waals surface area contributed by atoms with Crippen molar-refractivity contribution in [3.63, 3.8) is 0 Å². The Morgan fingerprint density at radius 1 is 1.09 bits per heavy atom. The summed E-state index contributed by atoms with van der Waals surface area (Å²) < 4.78 is 11.1. The second-order valence-electron chi connectivity index (χ2n) is 4.76. The number of hydrogen-bond acceptors (Lipinski definition) is 7. The van der Waals surface area contributed by atoms with E-state index in [1.54, 1.807) is 26.3 Å². The van der Waals surface area contributed by atoms with E-state index in [9.17, 15) is 0 Å². The minimum atomic E-state index is 0.302. The Morgan fingerprint density at radius 2 is 1.87 bits per heavy atom. The first kappa shape index (κ1) is 14.7. The van der Waals surface area contributed by atoms with Gasteiger partial charge in [-0.15, -0.1) is 5.10 Å². The van der Waals surface area contributed by atoms with E-state index >= 15 is 0 Å². The van der Waals surface area contributed by atoms with Crippen molar-refractivity contribution in [1.29, 1.82) is 0 Å². The third-order valence-corrected chi connectivity index (χ3v) is 3.32. The molecule has 0 aliphatic rings. The van der Waals surface area contributed by atoms with Crippen LogP contribution in [0.5, 0.6) is 5.75 Å². The van der Waals surface area contributed by atoms with Gasteiger partial charge in [0.1, 0.15) is 5.69 Å². The summed E-state index contributed by atoms with van der Waals surface area (Å²) in [7, 11) is 3.34. The van der Waals surface area contributed by atoms with Gasteiger partial charge >= 0.3 is 6.01 Å². The van der Waals surface area contributed by atoms with E-state index in [1.807, 2.05) is 30.3 Å². The Bertz CT molecular complexity index is 801. The van der Waals surface area contributed by atoms with Crippen LogP contribution >= 0.6 is 0 Å². The lowest BCUT2D eigenvalue weighted by Gasteiger charge is -2.13. The van der Waals surface area contributed by atoms with E-state index in [1.165, 1.54) is 0 Å². The molecule has 0 bridgehead atoms. The van der Waals surface area contributed by atoms with E-state index in [4.69, 9.17) is 14.9 Å². The second-order valence-corrected chi connectivity index (χ2v) is 4.76. The van der Waals surface area contributed by atoms with Crippen molar-refractivity contribution >= 4 is 23.1 Å². The first-order valence-corrected chi connectivity index (χ1v) is 7.03. The van der Waals surface area contributed by atoms with Gasteiger partial charge < -0.3 is 25.5 Å². The van der Waals surface area contributed by atoms with Gasteiger partial charge in [0.15, 0.2) is 5.75 Å². The van der Waals surface area contributed by atoms with Crippen molar-refractivity contribution in [2.45, 2.75) is 0 Å². The molecule has 0 fully saturated rings. The van der Waals surface area contributed by atoms with E-state index < -0.39 is 0 Å². The molecule has 2 aromatic carbocycles. The summed E-state index contributed by atoms with van der Waals surface area (Å²) in [6.45, 7) is 0. The molecule has 0 aliphatic heterocycles. The molecular formula is C16H17N5O2. The van der Waals surface area contributed by atoms with Crippen LogP contribution in [0, 0.1) is 0 Å². The van der Waals surface area contributed by atoms with E-state index in [2.05, 4.69) is 20.8 Å². The molecule has 0 radical (unpaired) electrons. The van der Waals surface area contributed by atoms with Crippen molar-refractivity contribution in [1.82, 2.24) is 10.2 Å². The molecule has 0 atom stereocenters. The van der Waals surface area contributed by atoms with Gasteiger partial charge in [-0.25, -0.2) is 0 Å². The number of para-hydroxylation sites is 1. The Morgan fingerprint density at radius 3 is 2.57 bits per heavy atom. The molecule has 23 heavy (non-hydrogen) atoms. The molecule has 7 heteroatoms. The second kappa shape index (κ2) is 6.27. The molecule has 0 saturated heterocycles. The van der Waals surface area contributed by atoms with E-state index in [0.717, 1.165) is 5.69 Å². The molecule has 1 heterocycles. The van der Waals surface area contributed by atoms with Crippen LogP contribution in [0.1, 0.15) is 0 Å². The van der Waals surface area contributed by atoms with Gasteiger partial charge in [0.25, 0.3) is 5.89 Å². The zero-order valence-electron chi connectivity index (χ0n) is 12.8. The monoisotopic (exact) mass is 311 g/mol. The summed E-state index contributed by atoms with van der Waals surface area (Å²) >= 11 is 0. The average molecular weight is 311 g/mol. The quantitative estimate of drug-likeness (QED) is 0.623. The number of nitrogens with zero attached hydrogens (tertiary/aromatic N) is 2. The number of aromatic nitrogens is 2. The molecule has 3 rings (SSSR count). The highest BCUT2D eigenvalue weighted by Crippen LogP contribution is 2.39. The smallest absolute Gasteiger partial charge is 0.320 e. The van der Waals surface area contributed by atoms with Crippen molar-refractivity contribution in [2.24, 2.45) is 0 Å². The summed E-state index contributed by atoms with van der Waals surface area (Å²) in [5.41, 5.74) is 8.73. The van der Waals surface area contributed by atoms with Gasteiger partial charge in [-0.3, -0.25) is 0 Å². The molecule has 0 aliphatic carbocycles. The fourth-order valence-electron chi connectivity index (χ4n) is 2.26. The maximum absolute atomic E-state index is 5.94. The molecule has 118 valence electrons. The van der Waals surface area contributed by atoms with Crippen LogP contribution in [0.3, 0.4) is 0 Å². The normalized spacial score (nSPS) is 10.3. The summed E-state index contributed by atoms with van der Waals surface area (Å²) in [4.78, 5) is 0. The zero-order chi connectivity index (χ0) is 16.2. The molecule has 1 aromatic heterocycles. The van der Waals surface area contributed by atoms with E-state index in [0.29, 0.717) is 34.6 Å². The third kappa shape index (κ3) is 2.89. The van der Waals surface area contributed by atoms with Gasteiger partial charge in [-0.05, 0) is 24.3 Å². The van der Waals surface area contributed by atoms with Crippen molar-refractivity contribution in [3.05, 3.63) is 42.5 Å². The van der Waals surface area contributed by atoms with Crippen LogP contribution in [0.15, 0.2) is 46.9 Å². The third-order valence-electron chi connectivity index (χ3n) is 3.32. The van der Waals surface area contributed by atoms with Crippen LogP contribution in [0.4, 0.5) is 23.1 Å². The van der Waals surface area contributed by atoms with Crippen molar-refractivity contribution in [3.8, 4) is 17.2 Å². The molecule has 0 spiro atoms. The summed E-state index contributed by atoms with van der Waals surface area (Å²) in [5.74, 6) is 0.902. The summed E-state index contributed by atoms with van der Waals surface area (Å²) in [6, 6.07) is 13.4. The summed E-state index contributed by atoms with van der Waals surface area (Å²) in [6.07, 6.45) is 0. The molecule has 4 N–H and O–H groups in total. The van der Waals surface area contributed by atoms with Crippen LogP contribution in [-0.2, 0) is 0 Å². The lowest BCUT2D eigenvalue weighted by Crippen LogP contribution is -2.00. The fourth-order valence-corrected chi connectivity index (χ4v) is 2.26. The predicted molar refractivity (Wildman–Crippen MR) is 90.0 cm³/mol. The van der Waals surface area contributed by atoms with Crippen molar-refractivity contribution < 1.29 is 9.15 Å². The van der Waals surface area contributed by atoms with Gasteiger partial charge in [-0.1, -0.05) is 23.3 Å². The highest BCUT2D eigenvalue weighted by atomic mass is 16.5. The SMILES string of the molecule is CNc1c(N)ccc(-c2nnc(Nc3ccccc3)o2)c1OC. The van der Waals surface area contributed by atoms with Crippen LogP contribution in [0.2, 0.25) is 0 Å². The molecule has 0 saturated carbocycles. The fraction of sp³-hybridized carbons (Fsp3) is 0.125. The number of hydrogen-bond donors (Lipinski definition) is 3. The minimum Gasteiger partial charge on any atom is -0.494 e. The molecule has 7 nitrogen and oxygen atoms in total. The number of rotatable bonds is 5. The molecular weight excluding hydrogens is 294 g/mol. The standard InChI is InChI=1S/C16H17N5O2/c1-18-13-12(17)9-8-11(14(13)22-2)15-20-21-16(23-15)19-10-6-4-3-5-7-10/h3-9,18H,17H2,1-2H3,(H,19,21). The van der Waals surface area contributed by atoms with Crippen LogP contribution in [-0.4, -0.2) is 24.4 Å². The largest absolute Gasteiger partial charge is 0.494 e. The number of benzene rings is 2. The number of methoxy groups -OCH3 is 1. The predicted octanol–water partition coefficient (Wildman–Crippen LogP) is 3.11. The molecule has 0 amide bonds. The number of nitrogens with one attached hydrogen (secondary N) is 2. The van der Waals surface area contributed by atoms with Crippen molar-refractivity contribution in [2.75, 3.05) is 30.5 Å². The lowest BCUT2D eigenvalue weighted by molar-refractivity contribution is 0.416. The highest BCUT2D eigenvalue weighted by Gasteiger charge is 2.18. The lowest BCUT2D eigenvalue weighted by atomic mass is 10.1. The molecule has 0 unspecified atom stereocenters. The first-order chi connectivity index (χ1) is 11.2. The maximum atomic E-state index is 5.94. The molecule has 3 aromatic rings. The maximum Gasteiger partial charge on any atom is 0.320 e. The number of ether oxygens (including phenoxy) is 1. The Kier molecular flexibility index (Phi) is 4.01. The van der Waals surface area contributed by atoms with Gasteiger partial charge in [0, 0.05) is 12.7 Å².